The van der Waals surface area contributed by atoms with E-state index >= 15 is 0 Å². The Kier molecular flexibility index (Phi) is 8.60. The summed E-state index contributed by atoms with van der Waals surface area (Å²) in [5.41, 5.74) is 3.69. The van der Waals surface area contributed by atoms with Crippen LogP contribution in [-0.4, -0.2) is 31.1 Å². The van der Waals surface area contributed by atoms with Gasteiger partial charge in [0, 0.05) is 37.3 Å². The molecule has 9 heteroatoms. The number of anilines is 2. The summed E-state index contributed by atoms with van der Waals surface area (Å²) < 4.78 is 37.6. The van der Waals surface area contributed by atoms with Crippen molar-refractivity contribution in [3.05, 3.63) is 59.7 Å². The highest BCUT2D eigenvalue weighted by Crippen LogP contribution is 2.29. The average molecular weight is 434 g/mol. The van der Waals surface area contributed by atoms with Crippen LogP contribution in [0.15, 0.2) is 53.6 Å². The first kappa shape index (κ1) is 23.9. The van der Waals surface area contributed by atoms with Crippen molar-refractivity contribution in [1.82, 2.24) is 5.43 Å². The van der Waals surface area contributed by atoms with Crippen LogP contribution in [0, 0.1) is 0 Å². The zero-order chi connectivity index (χ0) is 22.9. The summed E-state index contributed by atoms with van der Waals surface area (Å²) >= 11 is 0. The Morgan fingerprint density at radius 2 is 1.52 bits per heavy atom. The third-order valence-electron chi connectivity index (χ3n) is 4.50. The van der Waals surface area contributed by atoms with Crippen LogP contribution in [0.25, 0.3) is 0 Å². The lowest BCUT2D eigenvalue weighted by Crippen LogP contribution is -2.21. The van der Waals surface area contributed by atoms with Crippen LogP contribution in [-0.2, 0) is 15.8 Å². The Morgan fingerprint density at radius 3 is 2.06 bits per heavy atom. The third kappa shape index (κ3) is 7.76. The normalized spacial score (nSPS) is 11.4. The minimum absolute atomic E-state index is 0.106. The van der Waals surface area contributed by atoms with Gasteiger partial charge in [-0.2, -0.15) is 18.3 Å². The van der Waals surface area contributed by atoms with Crippen molar-refractivity contribution >= 4 is 29.4 Å². The molecular formula is C22H25F3N4O2. The molecule has 0 saturated heterocycles. The molecule has 0 spiro atoms. The minimum Gasteiger partial charge on any atom is -0.372 e. The molecule has 0 aliphatic heterocycles. The molecule has 0 atom stereocenters. The van der Waals surface area contributed by atoms with Crippen LogP contribution in [0.1, 0.15) is 37.8 Å². The molecule has 0 unspecified atom stereocenters. The highest BCUT2D eigenvalue weighted by atomic mass is 19.4. The number of alkyl halides is 3. The molecule has 31 heavy (non-hydrogen) atoms. The van der Waals surface area contributed by atoms with Gasteiger partial charge in [-0.15, -0.1) is 0 Å². The van der Waals surface area contributed by atoms with Crippen molar-refractivity contribution in [2.45, 2.75) is 32.9 Å². The number of halogens is 3. The summed E-state index contributed by atoms with van der Waals surface area (Å²) in [4.78, 5) is 25.9. The van der Waals surface area contributed by atoms with Gasteiger partial charge in [0.2, 0.25) is 11.8 Å². The van der Waals surface area contributed by atoms with Gasteiger partial charge in [0.05, 0.1) is 11.8 Å². The lowest BCUT2D eigenvalue weighted by atomic mass is 10.2. The summed E-state index contributed by atoms with van der Waals surface area (Å²) in [5, 5.41) is 6.33. The predicted molar refractivity (Wildman–Crippen MR) is 115 cm³/mol. The van der Waals surface area contributed by atoms with Gasteiger partial charge < -0.3 is 10.2 Å². The van der Waals surface area contributed by atoms with Gasteiger partial charge in [0.25, 0.3) is 0 Å². The van der Waals surface area contributed by atoms with E-state index in [1.807, 2.05) is 24.3 Å². The Hall–Kier alpha value is -3.36. The fraction of sp³-hybridized carbons (Fsp3) is 0.318. The van der Waals surface area contributed by atoms with E-state index in [4.69, 9.17) is 0 Å². The van der Waals surface area contributed by atoms with E-state index in [1.54, 1.807) is 0 Å². The summed E-state index contributed by atoms with van der Waals surface area (Å²) in [6.07, 6.45) is -3.16. The molecule has 0 heterocycles. The topological polar surface area (TPSA) is 73.8 Å². The van der Waals surface area contributed by atoms with E-state index < -0.39 is 23.6 Å². The van der Waals surface area contributed by atoms with Gasteiger partial charge in [-0.3, -0.25) is 9.59 Å². The fourth-order valence-corrected chi connectivity index (χ4v) is 2.79. The molecule has 166 valence electrons. The average Bonchev–Trinajstić information content (AvgIpc) is 2.74. The first-order valence-corrected chi connectivity index (χ1v) is 9.87. The molecule has 0 saturated carbocycles. The van der Waals surface area contributed by atoms with E-state index in [1.165, 1.54) is 6.21 Å². The second-order valence-corrected chi connectivity index (χ2v) is 6.68. The van der Waals surface area contributed by atoms with E-state index in [9.17, 15) is 22.8 Å². The maximum absolute atomic E-state index is 12.5. The van der Waals surface area contributed by atoms with Crippen molar-refractivity contribution in [2.24, 2.45) is 5.10 Å². The number of hydrazone groups is 1. The van der Waals surface area contributed by atoms with Crippen molar-refractivity contribution in [3.8, 4) is 0 Å². The SMILES string of the molecule is CCN(CC)c1ccc(/C=N/NC(=O)CCC(=O)Nc2ccc(C(F)(F)F)cc2)cc1. The Bertz CT molecular complexity index is 890. The summed E-state index contributed by atoms with van der Waals surface area (Å²) in [5.74, 6) is -0.926. The zero-order valence-corrected chi connectivity index (χ0v) is 17.4. The van der Waals surface area contributed by atoms with Gasteiger partial charge in [0.15, 0.2) is 0 Å². The van der Waals surface area contributed by atoms with Crippen molar-refractivity contribution in [2.75, 3.05) is 23.3 Å². The number of nitrogens with zero attached hydrogens (tertiary/aromatic N) is 2. The van der Waals surface area contributed by atoms with Crippen molar-refractivity contribution in [1.29, 1.82) is 0 Å². The Morgan fingerprint density at radius 1 is 0.935 bits per heavy atom. The number of carbonyl (C=O) groups excluding carboxylic acids is 2. The van der Waals surface area contributed by atoms with Gasteiger partial charge >= 0.3 is 6.18 Å². The lowest BCUT2D eigenvalue weighted by Gasteiger charge is -2.20. The minimum atomic E-state index is -4.44. The number of benzene rings is 2. The van der Waals surface area contributed by atoms with Crippen LogP contribution < -0.4 is 15.6 Å². The number of nitrogens with one attached hydrogen (secondary N) is 2. The maximum atomic E-state index is 12.5. The first-order valence-electron chi connectivity index (χ1n) is 9.87. The van der Waals surface area contributed by atoms with Crippen LogP contribution in [0.2, 0.25) is 0 Å². The molecule has 2 N–H and O–H groups in total. The van der Waals surface area contributed by atoms with Crippen molar-refractivity contribution in [3.63, 3.8) is 0 Å². The van der Waals surface area contributed by atoms with Crippen LogP contribution in [0.3, 0.4) is 0 Å². The maximum Gasteiger partial charge on any atom is 0.416 e. The molecule has 2 rings (SSSR count). The lowest BCUT2D eigenvalue weighted by molar-refractivity contribution is -0.137. The van der Waals surface area contributed by atoms with Crippen LogP contribution in [0.4, 0.5) is 24.5 Å². The standard InChI is InChI=1S/C22H25F3N4O2/c1-3-29(4-2)19-11-5-16(6-12-19)15-26-28-21(31)14-13-20(30)27-18-9-7-17(8-10-18)22(23,24)25/h5-12,15H,3-4,13-14H2,1-2H3,(H,27,30)(H,28,31)/b26-15+. The molecule has 0 aliphatic rings. The molecule has 0 aromatic heterocycles. The summed E-state index contributed by atoms with van der Waals surface area (Å²) in [6, 6.07) is 11.8. The monoisotopic (exact) mass is 434 g/mol. The summed E-state index contributed by atoms with van der Waals surface area (Å²) in [6.45, 7) is 5.98. The highest BCUT2D eigenvalue weighted by Gasteiger charge is 2.29. The first-order chi connectivity index (χ1) is 14.7. The summed E-state index contributed by atoms with van der Waals surface area (Å²) in [7, 11) is 0. The second-order valence-electron chi connectivity index (χ2n) is 6.68. The Labute approximate surface area is 179 Å². The fourth-order valence-electron chi connectivity index (χ4n) is 2.79. The number of hydrogen-bond acceptors (Lipinski definition) is 4. The molecule has 6 nitrogen and oxygen atoms in total. The number of amides is 2. The molecular weight excluding hydrogens is 409 g/mol. The van der Waals surface area contributed by atoms with Gasteiger partial charge in [-0.05, 0) is 55.8 Å². The highest BCUT2D eigenvalue weighted by molar-refractivity contribution is 5.93. The molecule has 2 amide bonds. The molecule has 0 aliphatic carbocycles. The molecule has 0 radical (unpaired) electrons. The number of carbonyl (C=O) groups is 2. The zero-order valence-electron chi connectivity index (χ0n) is 17.4. The van der Waals surface area contributed by atoms with Gasteiger partial charge in [0.1, 0.15) is 0 Å². The van der Waals surface area contributed by atoms with Gasteiger partial charge in [-0.25, -0.2) is 5.43 Å². The van der Waals surface area contributed by atoms with Crippen LogP contribution in [0.5, 0.6) is 0 Å². The molecule has 0 fully saturated rings. The van der Waals surface area contributed by atoms with E-state index in [0.29, 0.717) is 0 Å². The van der Waals surface area contributed by atoms with E-state index in [0.717, 1.165) is 48.6 Å². The molecule has 0 bridgehead atoms. The third-order valence-corrected chi connectivity index (χ3v) is 4.50. The second kappa shape index (κ2) is 11.1. The Balaban J connectivity index is 1.75. The largest absolute Gasteiger partial charge is 0.416 e. The van der Waals surface area contributed by atoms with Crippen molar-refractivity contribution < 1.29 is 22.8 Å². The van der Waals surface area contributed by atoms with Crippen LogP contribution >= 0.6 is 0 Å². The molecule has 2 aromatic rings. The predicted octanol–water partition coefficient (Wildman–Crippen LogP) is 4.42. The van der Waals surface area contributed by atoms with Gasteiger partial charge in [-0.1, -0.05) is 12.1 Å². The van der Waals surface area contributed by atoms with E-state index in [-0.39, 0.29) is 18.5 Å². The molecule has 2 aromatic carbocycles. The number of hydrogen-bond donors (Lipinski definition) is 2. The van der Waals surface area contributed by atoms with E-state index in [2.05, 4.69) is 34.6 Å². The number of rotatable bonds is 9. The quantitative estimate of drug-likeness (QED) is 0.453. The smallest absolute Gasteiger partial charge is 0.372 e.